The third kappa shape index (κ3) is 4.97. The van der Waals surface area contributed by atoms with Crippen molar-refractivity contribution in [3.05, 3.63) is 42.7 Å². The van der Waals surface area contributed by atoms with Crippen LogP contribution in [0.2, 0.25) is 0 Å². The van der Waals surface area contributed by atoms with Crippen molar-refractivity contribution in [1.29, 1.82) is 0 Å². The predicted octanol–water partition coefficient (Wildman–Crippen LogP) is 2.19. The standard InChI is InChI=1S/C19H26FN5O2/c1-27-18-16(20)5-4-6-17(18)24-13-11-23(12-14-24)9-3-2-7-22-19(26)25-10-8-21-15-25/h4-6,8,10,15H,2-3,7,9,11-14H2,1H3,(H,22,26). The normalized spacial score (nSPS) is 15.0. The average molecular weight is 375 g/mol. The molecule has 1 amide bonds. The highest BCUT2D eigenvalue weighted by molar-refractivity contribution is 5.76. The van der Waals surface area contributed by atoms with E-state index in [-0.39, 0.29) is 11.8 Å². The Morgan fingerprint density at radius 2 is 2.07 bits per heavy atom. The summed E-state index contributed by atoms with van der Waals surface area (Å²) in [7, 11) is 1.50. The minimum atomic E-state index is -0.324. The van der Waals surface area contributed by atoms with Crippen molar-refractivity contribution in [3.63, 3.8) is 0 Å². The maximum absolute atomic E-state index is 13.9. The lowest BCUT2D eigenvalue weighted by atomic mass is 10.2. The number of benzene rings is 1. The number of carbonyl (C=O) groups is 1. The molecule has 1 aromatic carbocycles. The zero-order chi connectivity index (χ0) is 19.1. The van der Waals surface area contributed by atoms with Crippen LogP contribution >= 0.6 is 0 Å². The minimum Gasteiger partial charge on any atom is -0.492 e. The molecule has 1 aromatic heterocycles. The molecule has 0 bridgehead atoms. The summed E-state index contributed by atoms with van der Waals surface area (Å²) in [6, 6.07) is 4.90. The molecule has 1 saturated heterocycles. The molecule has 3 rings (SSSR count). The molecule has 7 nitrogen and oxygen atoms in total. The Balaban J connectivity index is 1.35. The van der Waals surface area contributed by atoms with Crippen molar-refractivity contribution in [3.8, 4) is 5.75 Å². The van der Waals surface area contributed by atoms with Crippen molar-refractivity contribution < 1.29 is 13.9 Å². The molecule has 1 fully saturated rings. The number of para-hydroxylation sites is 1. The summed E-state index contributed by atoms with van der Waals surface area (Å²) in [4.78, 5) is 20.2. The summed E-state index contributed by atoms with van der Waals surface area (Å²) in [5.74, 6) is -0.00486. The van der Waals surface area contributed by atoms with E-state index in [0.29, 0.717) is 12.3 Å². The quantitative estimate of drug-likeness (QED) is 0.752. The van der Waals surface area contributed by atoms with Gasteiger partial charge in [0.25, 0.3) is 0 Å². The number of amides is 1. The van der Waals surface area contributed by atoms with Crippen LogP contribution in [0.5, 0.6) is 5.75 Å². The highest BCUT2D eigenvalue weighted by atomic mass is 19.1. The highest BCUT2D eigenvalue weighted by Crippen LogP contribution is 2.31. The van der Waals surface area contributed by atoms with Crippen LogP contribution in [-0.4, -0.2) is 66.9 Å². The Morgan fingerprint density at radius 1 is 1.26 bits per heavy atom. The molecule has 1 aliphatic rings. The van der Waals surface area contributed by atoms with Gasteiger partial charge in [0, 0.05) is 45.1 Å². The van der Waals surface area contributed by atoms with Gasteiger partial charge in [-0.05, 0) is 31.5 Å². The molecule has 146 valence electrons. The zero-order valence-corrected chi connectivity index (χ0v) is 15.6. The Labute approximate surface area is 158 Å². The number of hydrogen-bond donors (Lipinski definition) is 1. The van der Waals surface area contributed by atoms with Gasteiger partial charge >= 0.3 is 6.03 Å². The first-order valence-corrected chi connectivity index (χ1v) is 9.25. The number of nitrogens with one attached hydrogen (secondary N) is 1. The number of ether oxygens (including phenoxy) is 1. The minimum absolute atomic E-state index is 0.148. The number of halogens is 1. The highest BCUT2D eigenvalue weighted by Gasteiger charge is 2.20. The number of imidazole rings is 1. The number of aromatic nitrogens is 2. The maximum Gasteiger partial charge on any atom is 0.326 e. The first-order valence-electron chi connectivity index (χ1n) is 9.25. The molecule has 27 heavy (non-hydrogen) atoms. The summed E-state index contributed by atoms with van der Waals surface area (Å²) in [5.41, 5.74) is 0.819. The maximum atomic E-state index is 13.9. The van der Waals surface area contributed by atoms with E-state index in [1.807, 2.05) is 6.07 Å². The number of carbonyl (C=O) groups excluding carboxylic acids is 1. The van der Waals surface area contributed by atoms with Crippen LogP contribution < -0.4 is 15.0 Å². The van der Waals surface area contributed by atoms with Crippen LogP contribution in [0.4, 0.5) is 14.9 Å². The van der Waals surface area contributed by atoms with E-state index in [2.05, 4.69) is 20.1 Å². The van der Waals surface area contributed by atoms with E-state index in [1.54, 1.807) is 18.5 Å². The van der Waals surface area contributed by atoms with Gasteiger partial charge in [0.05, 0.1) is 12.8 Å². The van der Waals surface area contributed by atoms with Gasteiger partial charge in [-0.15, -0.1) is 0 Å². The van der Waals surface area contributed by atoms with Gasteiger partial charge in [-0.25, -0.2) is 14.2 Å². The molecule has 0 saturated carbocycles. The average Bonchev–Trinajstić information content (AvgIpc) is 3.23. The second-order valence-corrected chi connectivity index (χ2v) is 6.53. The van der Waals surface area contributed by atoms with Crippen molar-refractivity contribution in [1.82, 2.24) is 19.8 Å². The first-order chi connectivity index (χ1) is 13.2. The van der Waals surface area contributed by atoms with Crippen LogP contribution in [0.1, 0.15) is 12.8 Å². The molecule has 0 radical (unpaired) electrons. The van der Waals surface area contributed by atoms with E-state index in [4.69, 9.17) is 4.74 Å². The molecule has 2 aromatic rings. The molecule has 2 heterocycles. The van der Waals surface area contributed by atoms with Gasteiger partial charge in [-0.1, -0.05) is 6.07 Å². The van der Waals surface area contributed by atoms with Gasteiger partial charge in [0.1, 0.15) is 6.33 Å². The molecule has 0 atom stereocenters. The van der Waals surface area contributed by atoms with Crippen LogP contribution in [-0.2, 0) is 0 Å². The number of nitrogens with zero attached hydrogens (tertiary/aromatic N) is 4. The van der Waals surface area contributed by atoms with Gasteiger partial charge in [0.2, 0.25) is 0 Å². The lowest BCUT2D eigenvalue weighted by molar-refractivity contribution is 0.239. The fraction of sp³-hybridized carbons (Fsp3) is 0.474. The molecule has 0 unspecified atom stereocenters. The van der Waals surface area contributed by atoms with E-state index in [0.717, 1.165) is 51.3 Å². The third-order valence-corrected chi connectivity index (χ3v) is 4.78. The fourth-order valence-corrected chi connectivity index (χ4v) is 3.29. The monoisotopic (exact) mass is 375 g/mol. The number of piperazine rings is 1. The number of hydrogen-bond acceptors (Lipinski definition) is 5. The van der Waals surface area contributed by atoms with Gasteiger partial charge in [-0.3, -0.25) is 9.47 Å². The molecule has 1 N–H and O–H groups in total. The Morgan fingerprint density at radius 3 is 2.78 bits per heavy atom. The van der Waals surface area contributed by atoms with Crippen LogP contribution in [0.3, 0.4) is 0 Å². The second kappa shape index (κ2) is 9.36. The number of unbranched alkanes of at least 4 members (excludes halogenated alkanes) is 1. The van der Waals surface area contributed by atoms with Gasteiger partial charge in [-0.2, -0.15) is 0 Å². The summed E-state index contributed by atoms with van der Waals surface area (Å²) in [5, 5.41) is 2.88. The van der Waals surface area contributed by atoms with Crippen LogP contribution in [0.25, 0.3) is 0 Å². The van der Waals surface area contributed by atoms with Gasteiger partial charge < -0.3 is 15.0 Å². The summed E-state index contributed by atoms with van der Waals surface area (Å²) < 4.78 is 20.5. The van der Waals surface area contributed by atoms with Crippen molar-refractivity contribution in [2.75, 3.05) is 51.3 Å². The molecule has 0 aliphatic carbocycles. The van der Waals surface area contributed by atoms with E-state index in [9.17, 15) is 9.18 Å². The van der Waals surface area contributed by atoms with E-state index >= 15 is 0 Å². The first kappa shape index (κ1) is 19.2. The topological polar surface area (TPSA) is 62.6 Å². The van der Waals surface area contributed by atoms with Crippen LogP contribution in [0, 0.1) is 5.82 Å². The van der Waals surface area contributed by atoms with Crippen molar-refractivity contribution in [2.45, 2.75) is 12.8 Å². The largest absolute Gasteiger partial charge is 0.492 e. The lowest BCUT2D eigenvalue weighted by Crippen LogP contribution is -2.46. The smallest absolute Gasteiger partial charge is 0.326 e. The molecular formula is C19H26FN5O2. The Kier molecular flexibility index (Phi) is 6.64. The third-order valence-electron chi connectivity index (χ3n) is 4.78. The Hall–Kier alpha value is -2.61. The number of methoxy groups -OCH3 is 1. The van der Waals surface area contributed by atoms with Gasteiger partial charge in [0.15, 0.2) is 11.6 Å². The Bertz CT molecular complexity index is 730. The molecular weight excluding hydrogens is 349 g/mol. The van der Waals surface area contributed by atoms with E-state index in [1.165, 1.54) is 24.1 Å². The second-order valence-electron chi connectivity index (χ2n) is 6.53. The molecule has 1 aliphatic heterocycles. The van der Waals surface area contributed by atoms with Crippen molar-refractivity contribution >= 4 is 11.7 Å². The van der Waals surface area contributed by atoms with E-state index < -0.39 is 0 Å². The number of rotatable bonds is 7. The lowest BCUT2D eigenvalue weighted by Gasteiger charge is -2.36. The molecule has 0 spiro atoms. The zero-order valence-electron chi connectivity index (χ0n) is 15.6. The predicted molar refractivity (Wildman–Crippen MR) is 102 cm³/mol. The van der Waals surface area contributed by atoms with Crippen LogP contribution in [0.15, 0.2) is 36.9 Å². The summed E-state index contributed by atoms with van der Waals surface area (Å²) >= 11 is 0. The van der Waals surface area contributed by atoms with Crippen molar-refractivity contribution in [2.24, 2.45) is 0 Å². The fourth-order valence-electron chi connectivity index (χ4n) is 3.29. The number of anilines is 1. The molecule has 8 heteroatoms. The summed E-state index contributed by atoms with van der Waals surface area (Å²) in [6.45, 7) is 5.20. The SMILES string of the molecule is COc1c(F)cccc1N1CCN(CCCCNC(=O)n2ccnc2)CC1. The summed E-state index contributed by atoms with van der Waals surface area (Å²) in [6.07, 6.45) is 6.65.